The molecule has 0 saturated carbocycles. The summed E-state index contributed by atoms with van der Waals surface area (Å²) in [6, 6.07) is 11.8. The van der Waals surface area contributed by atoms with Crippen molar-refractivity contribution in [2.24, 2.45) is 16.1 Å². The number of nitrogens with one attached hydrogen (secondary N) is 2. The summed E-state index contributed by atoms with van der Waals surface area (Å²) in [5.41, 5.74) is 11.4. The highest BCUT2D eigenvalue weighted by Crippen LogP contribution is 2.24. The van der Waals surface area contributed by atoms with E-state index >= 15 is 0 Å². The molecule has 1 aromatic carbocycles. The maximum atomic E-state index is 10.7. The van der Waals surface area contributed by atoms with E-state index in [4.69, 9.17) is 5.73 Å². The number of aryl methyl sites for hydroxylation is 1. The Balaban J connectivity index is 1.52. The Morgan fingerprint density at radius 1 is 1.32 bits per heavy atom. The van der Waals surface area contributed by atoms with E-state index in [1.54, 1.807) is 5.12 Å². The molecule has 8 nitrogen and oxygen atoms in total. The first-order chi connectivity index (χ1) is 12.1. The molecule has 1 atom stereocenters. The zero-order valence-electron chi connectivity index (χ0n) is 13.7. The van der Waals surface area contributed by atoms with Crippen molar-refractivity contribution in [2.45, 2.75) is 24.5 Å². The molecule has 2 heterocycles. The minimum atomic E-state index is -0.386. The van der Waals surface area contributed by atoms with Crippen LogP contribution in [0, 0.1) is 6.92 Å². The van der Waals surface area contributed by atoms with Crippen LogP contribution in [0.2, 0.25) is 0 Å². The monoisotopic (exact) mass is 357 g/mol. The maximum Gasteiger partial charge on any atom is 0.232 e. The van der Waals surface area contributed by atoms with Crippen LogP contribution < -0.4 is 15.9 Å². The molecule has 0 radical (unpaired) electrons. The smallest absolute Gasteiger partial charge is 0.232 e. The number of hydrogen-bond donors (Lipinski definition) is 3. The molecule has 1 aromatic heterocycles. The lowest BCUT2D eigenvalue weighted by atomic mass is 10.2. The molecule has 130 valence electrons. The van der Waals surface area contributed by atoms with Gasteiger partial charge in [-0.3, -0.25) is 14.5 Å². The Hall–Kier alpha value is -2.49. The van der Waals surface area contributed by atoms with Crippen molar-refractivity contribution >= 4 is 17.9 Å². The third kappa shape index (κ3) is 4.99. The summed E-state index contributed by atoms with van der Waals surface area (Å²) < 4.78 is 2.90. The normalized spacial score (nSPS) is 16.4. The van der Waals surface area contributed by atoms with Crippen LogP contribution in [-0.4, -0.2) is 22.6 Å². The first kappa shape index (κ1) is 17.3. The zero-order chi connectivity index (χ0) is 17.6. The number of carbonyl (C=O) groups excluding carboxylic acids is 1. The average molecular weight is 357 g/mol. The molecular weight excluding hydrogens is 338 g/mol. The lowest BCUT2D eigenvalue weighted by molar-refractivity contribution is -0.116. The van der Waals surface area contributed by atoms with E-state index in [1.165, 1.54) is 11.9 Å². The molecule has 0 fully saturated rings. The van der Waals surface area contributed by atoms with Crippen molar-refractivity contribution in [3.8, 4) is 0 Å². The van der Waals surface area contributed by atoms with E-state index in [1.807, 2.05) is 49.5 Å². The summed E-state index contributed by atoms with van der Waals surface area (Å²) in [5.74, 6) is -0.386. The molecule has 0 bridgehead atoms. The third-order valence-corrected chi connectivity index (χ3v) is 4.26. The van der Waals surface area contributed by atoms with Crippen LogP contribution >= 0.6 is 11.9 Å². The largest absolute Gasteiger partial charge is 0.369 e. The molecule has 0 spiro atoms. The van der Waals surface area contributed by atoms with Crippen molar-refractivity contribution in [1.29, 1.82) is 0 Å². The van der Waals surface area contributed by atoms with Crippen LogP contribution in [0.4, 0.5) is 0 Å². The molecule has 25 heavy (non-hydrogen) atoms. The Morgan fingerprint density at radius 3 is 2.80 bits per heavy atom. The van der Waals surface area contributed by atoms with Gasteiger partial charge in [0.1, 0.15) is 0 Å². The van der Waals surface area contributed by atoms with Crippen molar-refractivity contribution in [3.63, 3.8) is 0 Å². The topological polar surface area (TPSA) is 108 Å². The quantitative estimate of drug-likeness (QED) is 0.653. The second-order valence-electron chi connectivity index (χ2n) is 5.58. The third-order valence-electron chi connectivity index (χ3n) is 3.46. The molecule has 1 aliphatic heterocycles. The number of primary amides is 1. The van der Waals surface area contributed by atoms with Gasteiger partial charge in [0.15, 0.2) is 6.17 Å². The minimum Gasteiger partial charge on any atom is -0.369 e. The molecule has 4 N–H and O–H groups in total. The van der Waals surface area contributed by atoms with Crippen molar-refractivity contribution in [3.05, 3.63) is 59.4 Å². The van der Waals surface area contributed by atoms with Gasteiger partial charge in [0.25, 0.3) is 0 Å². The van der Waals surface area contributed by atoms with Gasteiger partial charge in [0.2, 0.25) is 5.91 Å². The highest BCUT2D eigenvalue weighted by Gasteiger charge is 2.20. The van der Waals surface area contributed by atoms with E-state index in [0.717, 1.165) is 21.7 Å². The van der Waals surface area contributed by atoms with E-state index in [-0.39, 0.29) is 18.6 Å². The molecule has 1 unspecified atom stereocenters. The fraction of sp³-hybridized carbons (Fsp3) is 0.250. The number of carbonyl (C=O) groups is 1. The van der Waals surface area contributed by atoms with Gasteiger partial charge in [-0.2, -0.15) is 5.43 Å². The number of hydrazine groups is 1. The van der Waals surface area contributed by atoms with E-state index in [9.17, 15) is 4.79 Å². The number of hydrogen-bond acceptors (Lipinski definition) is 8. The SMILES string of the molecule is Cc1ccc(CN2N=NC(c3ccc(SNCC(N)=O)cc3)N2)nc1. The van der Waals surface area contributed by atoms with E-state index in [2.05, 4.69) is 25.5 Å². The lowest BCUT2D eigenvalue weighted by Gasteiger charge is -2.15. The standard InChI is InChI=1S/C16H19N7OS/c1-11-2-5-13(18-8-11)10-23-21-16(20-22-23)12-3-6-14(7-4-12)25-19-9-15(17)24/h2-8,16,19,21H,9-10H2,1H3,(H2,17,24). The average Bonchev–Trinajstić information content (AvgIpc) is 3.06. The van der Waals surface area contributed by atoms with Crippen LogP contribution in [0.25, 0.3) is 0 Å². The number of nitrogens with zero attached hydrogens (tertiary/aromatic N) is 4. The summed E-state index contributed by atoms with van der Waals surface area (Å²) in [4.78, 5) is 16.1. The van der Waals surface area contributed by atoms with Gasteiger partial charge in [0.05, 0.1) is 18.8 Å². The minimum absolute atomic E-state index is 0.132. The summed E-state index contributed by atoms with van der Waals surface area (Å²) in [5, 5.41) is 10.1. The number of benzene rings is 1. The molecular formula is C16H19N7OS. The highest BCUT2D eigenvalue weighted by molar-refractivity contribution is 7.97. The van der Waals surface area contributed by atoms with Crippen LogP contribution in [0.5, 0.6) is 0 Å². The molecule has 2 aromatic rings. The highest BCUT2D eigenvalue weighted by atomic mass is 32.2. The van der Waals surface area contributed by atoms with Crippen LogP contribution in [0.3, 0.4) is 0 Å². The lowest BCUT2D eigenvalue weighted by Crippen LogP contribution is -2.30. The maximum absolute atomic E-state index is 10.7. The zero-order valence-corrected chi connectivity index (χ0v) is 14.5. The van der Waals surface area contributed by atoms with Crippen molar-refractivity contribution in [1.82, 2.24) is 20.2 Å². The van der Waals surface area contributed by atoms with Gasteiger partial charge in [-0.25, -0.2) is 5.12 Å². The summed E-state index contributed by atoms with van der Waals surface area (Å²) in [6.07, 6.45) is 1.62. The van der Waals surface area contributed by atoms with E-state index in [0.29, 0.717) is 6.54 Å². The van der Waals surface area contributed by atoms with Crippen LogP contribution in [0.15, 0.2) is 57.8 Å². The first-order valence-electron chi connectivity index (χ1n) is 7.74. The summed E-state index contributed by atoms with van der Waals surface area (Å²) >= 11 is 1.36. The molecule has 1 aliphatic rings. The van der Waals surface area contributed by atoms with Crippen molar-refractivity contribution in [2.75, 3.05) is 6.54 Å². The van der Waals surface area contributed by atoms with Gasteiger partial charge in [-0.1, -0.05) is 23.4 Å². The predicted molar refractivity (Wildman–Crippen MR) is 94.7 cm³/mol. The van der Waals surface area contributed by atoms with Gasteiger partial charge in [0, 0.05) is 11.1 Å². The second kappa shape index (κ2) is 8.06. The second-order valence-corrected chi connectivity index (χ2v) is 6.54. The number of rotatable bonds is 7. The number of aromatic nitrogens is 1. The van der Waals surface area contributed by atoms with Crippen LogP contribution in [-0.2, 0) is 11.3 Å². The van der Waals surface area contributed by atoms with Gasteiger partial charge in [-0.15, -0.1) is 5.11 Å². The molecule has 1 amide bonds. The van der Waals surface area contributed by atoms with Crippen LogP contribution in [0.1, 0.15) is 23.0 Å². The number of pyridine rings is 1. The van der Waals surface area contributed by atoms with E-state index < -0.39 is 0 Å². The Labute approximate surface area is 150 Å². The first-order valence-corrected chi connectivity index (χ1v) is 8.56. The Morgan fingerprint density at radius 2 is 2.12 bits per heavy atom. The van der Waals surface area contributed by atoms with Crippen molar-refractivity contribution < 1.29 is 4.79 Å². The molecule has 0 aliphatic carbocycles. The van der Waals surface area contributed by atoms with Gasteiger partial charge in [-0.05, 0) is 48.2 Å². The van der Waals surface area contributed by atoms with Gasteiger partial charge < -0.3 is 5.73 Å². The molecule has 9 heteroatoms. The Kier molecular flexibility index (Phi) is 5.59. The van der Waals surface area contributed by atoms with Gasteiger partial charge >= 0.3 is 0 Å². The fourth-order valence-electron chi connectivity index (χ4n) is 2.18. The molecule has 0 saturated heterocycles. The Bertz CT molecular complexity index is 748. The summed E-state index contributed by atoms with van der Waals surface area (Å²) in [7, 11) is 0. The predicted octanol–water partition coefficient (Wildman–Crippen LogP) is 1.86. The number of amides is 1. The number of nitrogens with two attached hydrogens (primary N) is 1. The molecule has 3 rings (SSSR count). The summed E-state index contributed by atoms with van der Waals surface area (Å²) in [6.45, 7) is 2.68. The fourth-order valence-corrected chi connectivity index (χ4v) is 2.83.